The van der Waals surface area contributed by atoms with Crippen LogP contribution in [0.4, 0.5) is 5.00 Å². The second-order valence-electron chi connectivity index (χ2n) is 9.10. The molecule has 3 aromatic rings. The highest BCUT2D eigenvalue weighted by molar-refractivity contribution is 7.17. The monoisotopic (exact) mass is 532 g/mol. The molecule has 38 heavy (non-hydrogen) atoms. The highest BCUT2D eigenvalue weighted by Crippen LogP contribution is 2.38. The van der Waals surface area contributed by atoms with Gasteiger partial charge in [0.2, 0.25) is 6.79 Å². The van der Waals surface area contributed by atoms with Crippen LogP contribution in [-0.4, -0.2) is 37.7 Å². The Morgan fingerprint density at radius 2 is 1.71 bits per heavy atom. The summed E-state index contributed by atoms with van der Waals surface area (Å²) in [6.07, 6.45) is 5.76. The number of rotatable bonds is 8. The Morgan fingerprint density at radius 1 is 0.974 bits per heavy atom. The van der Waals surface area contributed by atoms with Gasteiger partial charge in [0.15, 0.2) is 5.76 Å². The number of thiophene rings is 1. The largest absolute Gasteiger partial charge is 0.465 e. The minimum absolute atomic E-state index is 0.112. The van der Waals surface area contributed by atoms with Gasteiger partial charge in [-0.15, -0.1) is 11.3 Å². The molecule has 2 aliphatic rings. The number of anilines is 1. The molecule has 0 fully saturated rings. The van der Waals surface area contributed by atoms with E-state index >= 15 is 0 Å². The van der Waals surface area contributed by atoms with Crippen LogP contribution in [-0.2, 0) is 33.5 Å². The van der Waals surface area contributed by atoms with E-state index in [0.717, 1.165) is 41.7 Å². The van der Waals surface area contributed by atoms with Crippen LogP contribution < -0.4 is 10.6 Å². The van der Waals surface area contributed by atoms with Crippen molar-refractivity contribution in [1.29, 1.82) is 0 Å². The minimum atomic E-state index is -0.473. The Balaban J connectivity index is 1.40. The number of carbonyl (C=O) groups excluding carboxylic acids is 3. The zero-order valence-corrected chi connectivity index (χ0v) is 21.8. The summed E-state index contributed by atoms with van der Waals surface area (Å²) in [5.74, 6) is -0.538. The number of ether oxygens (including phenoxy) is 3. The average Bonchev–Trinajstić information content (AvgIpc) is 3.61. The van der Waals surface area contributed by atoms with E-state index in [1.807, 2.05) is 30.3 Å². The maximum atomic E-state index is 13.8. The third-order valence-corrected chi connectivity index (χ3v) is 7.83. The Bertz CT molecular complexity index is 1360. The van der Waals surface area contributed by atoms with Gasteiger partial charge in [-0.25, -0.2) is 4.79 Å². The van der Waals surface area contributed by atoms with Crippen LogP contribution >= 0.6 is 11.3 Å². The van der Waals surface area contributed by atoms with Crippen molar-refractivity contribution >= 4 is 34.1 Å². The molecule has 0 spiro atoms. The molecule has 5 rings (SSSR count). The Hall–Kier alpha value is -4.11. The number of hydrogen-bond donors (Lipinski definition) is 2. The van der Waals surface area contributed by atoms with Crippen molar-refractivity contribution in [3.8, 4) is 0 Å². The lowest BCUT2D eigenvalue weighted by atomic mass is 9.94. The van der Waals surface area contributed by atoms with Crippen LogP contribution in [0.3, 0.4) is 0 Å². The number of amides is 2. The predicted octanol–water partition coefficient (Wildman–Crippen LogP) is 4.85. The molecule has 2 heterocycles. The zero-order valence-electron chi connectivity index (χ0n) is 21.0. The van der Waals surface area contributed by atoms with Crippen LogP contribution in [0.5, 0.6) is 0 Å². The van der Waals surface area contributed by atoms with Gasteiger partial charge in [0.25, 0.3) is 11.8 Å². The Kier molecular flexibility index (Phi) is 7.74. The van der Waals surface area contributed by atoms with E-state index in [1.54, 1.807) is 24.3 Å². The van der Waals surface area contributed by atoms with Crippen molar-refractivity contribution in [3.63, 3.8) is 0 Å². The van der Waals surface area contributed by atoms with Gasteiger partial charge in [0, 0.05) is 16.9 Å². The second-order valence-corrected chi connectivity index (χ2v) is 10.2. The summed E-state index contributed by atoms with van der Waals surface area (Å²) in [5.41, 5.74) is 3.27. The Morgan fingerprint density at radius 3 is 2.42 bits per heavy atom. The summed E-state index contributed by atoms with van der Waals surface area (Å²) < 4.78 is 15.6. The lowest BCUT2D eigenvalue weighted by molar-refractivity contribution is 0.0600. The van der Waals surface area contributed by atoms with Crippen LogP contribution in [0, 0.1) is 0 Å². The minimum Gasteiger partial charge on any atom is -0.465 e. The van der Waals surface area contributed by atoms with E-state index in [0.29, 0.717) is 33.9 Å². The molecule has 0 saturated heterocycles. The van der Waals surface area contributed by atoms with Crippen LogP contribution in [0.2, 0.25) is 0 Å². The molecule has 1 aliphatic carbocycles. The zero-order chi connectivity index (χ0) is 26.5. The molecule has 8 nitrogen and oxygen atoms in total. The SMILES string of the molecule is COC(=O)c1ccc(C(=O)Nc2sc3c(c2C(=O)NC(Cc2ccccc2)C2=COCO2)CCCC3)cc1. The second kappa shape index (κ2) is 11.5. The predicted molar refractivity (Wildman–Crippen MR) is 143 cm³/mol. The molecule has 2 aromatic carbocycles. The average molecular weight is 533 g/mol. The van der Waals surface area contributed by atoms with E-state index in [4.69, 9.17) is 14.2 Å². The van der Waals surface area contributed by atoms with Gasteiger partial charge >= 0.3 is 5.97 Å². The highest BCUT2D eigenvalue weighted by Gasteiger charge is 2.30. The summed E-state index contributed by atoms with van der Waals surface area (Å²) in [6.45, 7) is 0.112. The molecule has 1 atom stereocenters. The van der Waals surface area contributed by atoms with Gasteiger partial charge in [-0.1, -0.05) is 30.3 Å². The van der Waals surface area contributed by atoms with Crippen molar-refractivity contribution < 1.29 is 28.6 Å². The molecule has 0 bridgehead atoms. The molecule has 9 heteroatoms. The first kappa shape index (κ1) is 25.5. The first-order valence-electron chi connectivity index (χ1n) is 12.5. The molecule has 0 radical (unpaired) electrons. The topological polar surface area (TPSA) is 103 Å². The van der Waals surface area contributed by atoms with E-state index in [-0.39, 0.29) is 18.6 Å². The smallest absolute Gasteiger partial charge is 0.337 e. The van der Waals surface area contributed by atoms with Gasteiger partial charge < -0.3 is 24.8 Å². The standard InChI is InChI=1S/C29H28N2O6S/c1-35-29(34)20-13-11-19(12-14-20)26(32)31-28-25(21-9-5-6-10-24(21)38-28)27(33)30-22(23-16-36-17-37-23)15-18-7-3-2-4-8-18/h2-4,7-8,11-14,16,22H,5-6,9-10,15,17H2,1H3,(H,30,33)(H,31,32). The number of nitrogens with one attached hydrogen (secondary N) is 2. The summed E-state index contributed by atoms with van der Waals surface area (Å²) in [7, 11) is 1.31. The molecule has 0 saturated carbocycles. The molecule has 196 valence electrons. The molecule has 1 aromatic heterocycles. The number of esters is 1. The van der Waals surface area contributed by atoms with E-state index < -0.39 is 12.0 Å². The fourth-order valence-corrected chi connectivity index (χ4v) is 5.96. The number of aryl methyl sites for hydroxylation is 1. The number of hydrogen-bond acceptors (Lipinski definition) is 7. The van der Waals surface area contributed by atoms with Crippen LogP contribution in [0.15, 0.2) is 66.6 Å². The summed E-state index contributed by atoms with van der Waals surface area (Å²) in [4.78, 5) is 39.8. The van der Waals surface area contributed by atoms with Gasteiger partial charge in [-0.3, -0.25) is 9.59 Å². The van der Waals surface area contributed by atoms with Gasteiger partial charge in [0.05, 0.1) is 24.3 Å². The maximum absolute atomic E-state index is 13.8. The first-order chi connectivity index (χ1) is 18.5. The van der Waals surface area contributed by atoms with Crippen molar-refractivity contribution in [2.45, 2.75) is 38.1 Å². The molecule has 1 unspecified atom stereocenters. The molecule has 1 aliphatic heterocycles. The summed E-state index contributed by atoms with van der Waals surface area (Å²) in [5, 5.41) is 6.60. The van der Waals surface area contributed by atoms with Crippen molar-refractivity contribution in [1.82, 2.24) is 5.32 Å². The van der Waals surface area contributed by atoms with Crippen molar-refractivity contribution in [3.05, 3.63) is 99.3 Å². The Labute approximate surface area is 224 Å². The fourth-order valence-electron chi connectivity index (χ4n) is 4.68. The van der Waals surface area contributed by atoms with E-state index in [2.05, 4.69) is 10.6 Å². The van der Waals surface area contributed by atoms with Crippen molar-refractivity contribution in [2.24, 2.45) is 0 Å². The lowest BCUT2D eigenvalue weighted by Crippen LogP contribution is -2.38. The third kappa shape index (κ3) is 5.57. The van der Waals surface area contributed by atoms with Gasteiger partial charge in [-0.2, -0.15) is 0 Å². The van der Waals surface area contributed by atoms with Crippen molar-refractivity contribution in [2.75, 3.05) is 19.2 Å². The van der Waals surface area contributed by atoms with Gasteiger partial charge in [0.1, 0.15) is 11.3 Å². The molecular formula is C29H28N2O6S. The fraction of sp³-hybridized carbons (Fsp3) is 0.276. The van der Waals surface area contributed by atoms with Crippen LogP contribution in [0.25, 0.3) is 0 Å². The number of methoxy groups -OCH3 is 1. The molecular weight excluding hydrogens is 504 g/mol. The molecule has 2 amide bonds. The van der Waals surface area contributed by atoms with E-state index in [9.17, 15) is 14.4 Å². The van der Waals surface area contributed by atoms with Gasteiger partial charge in [-0.05, 0) is 61.1 Å². The first-order valence-corrected chi connectivity index (χ1v) is 13.3. The summed E-state index contributed by atoms with van der Waals surface area (Å²) in [6, 6.07) is 15.6. The summed E-state index contributed by atoms with van der Waals surface area (Å²) >= 11 is 1.45. The number of benzene rings is 2. The maximum Gasteiger partial charge on any atom is 0.337 e. The highest BCUT2D eigenvalue weighted by atomic mass is 32.1. The number of carbonyl (C=O) groups is 3. The van der Waals surface area contributed by atoms with Crippen LogP contribution in [0.1, 0.15) is 59.9 Å². The van der Waals surface area contributed by atoms with E-state index in [1.165, 1.54) is 24.7 Å². The molecule has 2 N–H and O–H groups in total. The third-order valence-electron chi connectivity index (χ3n) is 6.62. The normalized spacial score (nSPS) is 14.8. The lowest BCUT2D eigenvalue weighted by Gasteiger charge is -2.20. The quantitative estimate of drug-likeness (QED) is 0.402. The number of fused-ring (bicyclic) bond motifs is 1.